The second-order valence-electron chi connectivity index (χ2n) is 3.12. The SMILES string of the molecule is O=C(O)c1cc(=O)c2cc(O)c(O)cc2o1. The Morgan fingerprint density at radius 1 is 1.12 bits per heavy atom. The summed E-state index contributed by atoms with van der Waals surface area (Å²) in [6.45, 7) is 0. The van der Waals surface area contributed by atoms with E-state index in [0.29, 0.717) is 0 Å². The van der Waals surface area contributed by atoms with Crippen molar-refractivity contribution in [3.05, 3.63) is 34.2 Å². The van der Waals surface area contributed by atoms with Crippen LogP contribution < -0.4 is 5.43 Å². The Balaban J connectivity index is 2.88. The van der Waals surface area contributed by atoms with Crippen LogP contribution in [-0.4, -0.2) is 21.3 Å². The number of aromatic hydroxyl groups is 2. The van der Waals surface area contributed by atoms with Crippen LogP contribution in [0.5, 0.6) is 11.5 Å². The predicted molar refractivity (Wildman–Crippen MR) is 52.8 cm³/mol. The lowest BCUT2D eigenvalue weighted by Crippen LogP contribution is -2.06. The molecule has 0 amide bonds. The summed E-state index contributed by atoms with van der Waals surface area (Å²) in [5, 5.41) is 27.0. The van der Waals surface area contributed by atoms with Gasteiger partial charge >= 0.3 is 5.97 Å². The summed E-state index contributed by atoms with van der Waals surface area (Å²) in [5.74, 6) is -2.87. The van der Waals surface area contributed by atoms with E-state index in [1.807, 2.05) is 0 Å². The van der Waals surface area contributed by atoms with Crippen molar-refractivity contribution in [3.8, 4) is 11.5 Å². The van der Waals surface area contributed by atoms with E-state index in [1.54, 1.807) is 0 Å². The molecule has 0 unspecified atom stereocenters. The fraction of sp³-hybridized carbons (Fsp3) is 0. The molecule has 82 valence electrons. The summed E-state index contributed by atoms with van der Waals surface area (Å²) >= 11 is 0. The van der Waals surface area contributed by atoms with Gasteiger partial charge in [-0.25, -0.2) is 4.79 Å². The Morgan fingerprint density at radius 3 is 2.38 bits per heavy atom. The molecule has 16 heavy (non-hydrogen) atoms. The molecule has 0 spiro atoms. The lowest BCUT2D eigenvalue weighted by molar-refractivity contribution is 0.0663. The van der Waals surface area contributed by atoms with E-state index in [2.05, 4.69) is 0 Å². The normalized spacial score (nSPS) is 10.5. The minimum Gasteiger partial charge on any atom is -0.504 e. The van der Waals surface area contributed by atoms with Gasteiger partial charge in [0.2, 0.25) is 5.76 Å². The first-order valence-electron chi connectivity index (χ1n) is 4.22. The maximum atomic E-state index is 11.5. The van der Waals surface area contributed by atoms with Crippen LogP contribution in [0.2, 0.25) is 0 Å². The summed E-state index contributed by atoms with van der Waals surface area (Å²) in [4.78, 5) is 22.1. The number of carbonyl (C=O) groups is 1. The van der Waals surface area contributed by atoms with E-state index in [0.717, 1.165) is 18.2 Å². The van der Waals surface area contributed by atoms with Crippen molar-refractivity contribution in [2.75, 3.05) is 0 Å². The molecule has 6 nitrogen and oxygen atoms in total. The Kier molecular flexibility index (Phi) is 2.05. The first kappa shape index (κ1) is 10.0. The van der Waals surface area contributed by atoms with Crippen LogP contribution in [0.3, 0.4) is 0 Å². The summed E-state index contributed by atoms with van der Waals surface area (Å²) in [5.41, 5.74) is -0.700. The molecule has 6 heteroatoms. The van der Waals surface area contributed by atoms with E-state index in [9.17, 15) is 19.8 Å². The number of hydrogen-bond acceptors (Lipinski definition) is 5. The highest BCUT2D eigenvalue weighted by Gasteiger charge is 2.12. The van der Waals surface area contributed by atoms with Gasteiger partial charge in [0.15, 0.2) is 16.9 Å². The zero-order valence-electron chi connectivity index (χ0n) is 7.80. The third-order valence-corrected chi connectivity index (χ3v) is 2.04. The fourth-order valence-electron chi connectivity index (χ4n) is 1.28. The molecule has 0 atom stereocenters. The zero-order chi connectivity index (χ0) is 11.9. The van der Waals surface area contributed by atoms with Gasteiger partial charge in [-0.3, -0.25) is 4.79 Å². The monoisotopic (exact) mass is 222 g/mol. The largest absolute Gasteiger partial charge is 0.504 e. The molecular formula is C10H6O6. The van der Waals surface area contributed by atoms with E-state index >= 15 is 0 Å². The van der Waals surface area contributed by atoms with Crippen molar-refractivity contribution < 1.29 is 24.5 Å². The van der Waals surface area contributed by atoms with Crippen LogP contribution >= 0.6 is 0 Å². The van der Waals surface area contributed by atoms with Crippen molar-refractivity contribution >= 4 is 16.9 Å². The molecule has 0 bridgehead atoms. The van der Waals surface area contributed by atoms with Crippen molar-refractivity contribution in [1.82, 2.24) is 0 Å². The average Bonchev–Trinajstić information content (AvgIpc) is 2.20. The number of carboxylic acid groups (broad SMARTS) is 1. The quantitative estimate of drug-likeness (QED) is 0.618. The van der Waals surface area contributed by atoms with Gasteiger partial charge in [0.25, 0.3) is 0 Å². The Labute approximate surface area is 88.0 Å². The highest BCUT2D eigenvalue weighted by molar-refractivity contribution is 5.88. The molecule has 1 aromatic carbocycles. The number of phenolic OH excluding ortho intramolecular Hbond substituents is 2. The van der Waals surface area contributed by atoms with Crippen LogP contribution in [0.25, 0.3) is 11.0 Å². The van der Waals surface area contributed by atoms with Gasteiger partial charge < -0.3 is 19.7 Å². The maximum absolute atomic E-state index is 11.5. The number of fused-ring (bicyclic) bond motifs is 1. The molecule has 0 saturated carbocycles. The summed E-state index contributed by atoms with van der Waals surface area (Å²) in [6.07, 6.45) is 0. The lowest BCUT2D eigenvalue weighted by Gasteiger charge is -2.01. The second-order valence-corrected chi connectivity index (χ2v) is 3.12. The van der Waals surface area contributed by atoms with Gasteiger partial charge in [0.05, 0.1) is 5.39 Å². The van der Waals surface area contributed by atoms with Crippen LogP contribution in [0, 0.1) is 0 Å². The van der Waals surface area contributed by atoms with Gasteiger partial charge in [0.1, 0.15) is 5.58 Å². The molecule has 0 aliphatic rings. The third kappa shape index (κ3) is 1.46. The van der Waals surface area contributed by atoms with Crippen LogP contribution in [0.4, 0.5) is 0 Å². The van der Waals surface area contributed by atoms with Crippen LogP contribution in [0.1, 0.15) is 10.6 Å². The number of carboxylic acids is 1. The molecule has 3 N–H and O–H groups in total. The molecule has 0 saturated heterocycles. The van der Waals surface area contributed by atoms with E-state index < -0.39 is 28.7 Å². The molecular weight excluding hydrogens is 216 g/mol. The third-order valence-electron chi connectivity index (χ3n) is 2.04. The van der Waals surface area contributed by atoms with Gasteiger partial charge in [-0.05, 0) is 6.07 Å². The topological polar surface area (TPSA) is 108 Å². The summed E-state index contributed by atoms with van der Waals surface area (Å²) < 4.78 is 4.87. The molecule has 0 fully saturated rings. The fourth-order valence-corrected chi connectivity index (χ4v) is 1.28. The maximum Gasteiger partial charge on any atom is 0.371 e. The highest BCUT2D eigenvalue weighted by atomic mass is 16.4. The van der Waals surface area contributed by atoms with Crippen LogP contribution in [-0.2, 0) is 0 Å². The number of hydrogen-bond donors (Lipinski definition) is 3. The molecule has 0 aliphatic heterocycles. The average molecular weight is 222 g/mol. The predicted octanol–water partition coefficient (Wildman–Crippen LogP) is 0.902. The van der Waals surface area contributed by atoms with Gasteiger partial charge in [-0.1, -0.05) is 0 Å². The number of rotatable bonds is 1. The van der Waals surface area contributed by atoms with Crippen molar-refractivity contribution in [2.24, 2.45) is 0 Å². The van der Waals surface area contributed by atoms with Gasteiger partial charge in [0, 0.05) is 12.1 Å². The number of phenols is 2. The summed E-state index contributed by atoms with van der Waals surface area (Å²) in [6, 6.07) is 2.81. The second kappa shape index (κ2) is 3.27. The summed E-state index contributed by atoms with van der Waals surface area (Å²) in [7, 11) is 0. The zero-order valence-corrected chi connectivity index (χ0v) is 7.80. The first-order chi connectivity index (χ1) is 7.49. The van der Waals surface area contributed by atoms with Gasteiger partial charge in [-0.15, -0.1) is 0 Å². The molecule has 1 heterocycles. The molecule has 0 aliphatic carbocycles. The minimum atomic E-state index is -1.38. The molecule has 2 rings (SSSR count). The number of benzene rings is 1. The van der Waals surface area contributed by atoms with E-state index in [1.165, 1.54) is 0 Å². The lowest BCUT2D eigenvalue weighted by atomic mass is 10.2. The Bertz CT molecular complexity index is 640. The Morgan fingerprint density at radius 2 is 1.75 bits per heavy atom. The Hall–Kier alpha value is -2.50. The first-order valence-corrected chi connectivity index (χ1v) is 4.22. The molecule has 1 aromatic heterocycles. The minimum absolute atomic E-state index is 0.000278. The highest BCUT2D eigenvalue weighted by Crippen LogP contribution is 2.28. The molecule has 2 aromatic rings. The van der Waals surface area contributed by atoms with Crippen molar-refractivity contribution in [1.29, 1.82) is 0 Å². The van der Waals surface area contributed by atoms with E-state index in [4.69, 9.17) is 9.52 Å². The van der Waals surface area contributed by atoms with Crippen LogP contribution in [0.15, 0.2) is 27.4 Å². The van der Waals surface area contributed by atoms with Crippen molar-refractivity contribution in [2.45, 2.75) is 0 Å². The van der Waals surface area contributed by atoms with Gasteiger partial charge in [-0.2, -0.15) is 0 Å². The smallest absolute Gasteiger partial charge is 0.371 e. The molecule has 0 radical (unpaired) electrons. The number of aromatic carboxylic acids is 1. The van der Waals surface area contributed by atoms with Crippen molar-refractivity contribution in [3.63, 3.8) is 0 Å². The standard InChI is InChI=1S/C10H6O6/c11-5-2-9(10(14)15)16-8-3-7(13)6(12)1-4(5)8/h1-3,12-13H,(H,14,15). The van der Waals surface area contributed by atoms with E-state index in [-0.39, 0.29) is 11.0 Å².